The first kappa shape index (κ1) is 27.8. The number of halogens is 6. The molecule has 0 fully saturated rings. The summed E-state index contributed by atoms with van der Waals surface area (Å²) in [7, 11) is 0. The lowest BCUT2D eigenvalue weighted by molar-refractivity contribution is -0.143. The molecule has 196 valence electrons. The number of urea groups is 1. The average Bonchev–Trinajstić information content (AvgIpc) is 2.85. The fourth-order valence-corrected chi connectivity index (χ4v) is 3.54. The highest BCUT2D eigenvalue weighted by Gasteiger charge is 2.37. The highest BCUT2D eigenvalue weighted by atomic mass is 19.4. The first-order valence-corrected chi connectivity index (χ1v) is 11.6. The molecule has 0 aliphatic rings. The van der Waals surface area contributed by atoms with Gasteiger partial charge in [0, 0.05) is 12.2 Å². The third-order valence-electron chi connectivity index (χ3n) is 5.63. The first-order chi connectivity index (χ1) is 17.4. The van der Waals surface area contributed by atoms with Crippen LogP contribution in [0.5, 0.6) is 0 Å². The van der Waals surface area contributed by atoms with E-state index < -0.39 is 35.2 Å². The summed E-state index contributed by atoms with van der Waals surface area (Å²) in [6, 6.07) is 18.0. The fraction of sp³-hybridized carbons (Fsp3) is 0.250. The Balaban J connectivity index is 1.48. The van der Waals surface area contributed by atoms with E-state index >= 15 is 0 Å². The molecule has 0 saturated heterocycles. The third kappa shape index (κ3) is 9.00. The maximum Gasteiger partial charge on any atom is 0.416 e. The lowest BCUT2D eigenvalue weighted by Crippen LogP contribution is -2.32. The van der Waals surface area contributed by atoms with Gasteiger partial charge in [0.2, 0.25) is 0 Å². The lowest BCUT2D eigenvalue weighted by atomic mass is 10.00. The molecular weight excluding hydrogens is 494 g/mol. The van der Waals surface area contributed by atoms with Crippen LogP contribution in [-0.2, 0) is 18.8 Å². The molecule has 1 atom stereocenters. The van der Waals surface area contributed by atoms with Crippen molar-refractivity contribution in [2.45, 2.75) is 32.1 Å². The van der Waals surface area contributed by atoms with Gasteiger partial charge in [0.05, 0.1) is 11.1 Å². The number of carbonyl (C=O) groups is 1. The molecule has 3 nitrogen and oxygen atoms in total. The third-order valence-corrected chi connectivity index (χ3v) is 5.63. The molecular formula is C28H26F6N2O. The molecule has 2 N–H and O–H groups in total. The van der Waals surface area contributed by atoms with Crippen LogP contribution >= 0.6 is 0 Å². The molecule has 3 aromatic rings. The van der Waals surface area contributed by atoms with Gasteiger partial charge in [0.1, 0.15) is 0 Å². The van der Waals surface area contributed by atoms with Crippen molar-refractivity contribution in [1.82, 2.24) is 5.32 Å². The van der Waals surface area contributed by atoms with E-state index in [1.165, 1.54) is 0 Å². The number of amides is 2. The zero-order valence-electron chi connectivity index (χ0n) is 20.0. The average molecular weight is 521 g/mol. The number of aryl methyl sites for hydroxylation is 1. The molecule has 0 aliphatic carbocycles. The quantitative estimate of drug-likeness (QED) is 0.228. The van der Waals surface area contributed by atoms with Gasteiger partial charge in [-0.25, -0.2) is 4.79 Å². The number of nitrogens with one attached hydrogen (secondary N) is 2. The second-order valence-corrected chi connectivity index (χ2v) is 8.76. The van der Waals surface area contributed by atoms with Crippen molar-refractivity contribution in [2.24, 2.45) is 5.92 Å². The smallest absolute Gasteiger partial charge is 0.338 e. The van der Waals surface area contributed by atoms with Crippen LogP contribution in [-0.4, -0.2) is 12.6 Å². The van der Waals surface area contributed by atoms with E-state index in [0.29, 0.717) is 12.1 Å². The SMILES string of the molecule is CC(CCc1ccc(/C=C/c2ccccc2)cc1)CNC(=O)Nc1cc(C(F)(F)F)cc(C(F)(F)F)c1. The van der Waals surface area contributed by atoms with Gasteiger partial charge >= 0.3 is 18.4 Å². The molecule has 0 aromatic heterocycles. The first-order valence-electron chi connectivity index (χ1n) is 11.6. The van der Waals surface area contributed by atoms with Crippen molar-refractivity contribution in [1.29, 1.82) is 0 Å². The van der Waals surface area contributed by atoms with Crippen LogP contribution in [0.4, 0.5) is 36.8 Å². The Bertz CT molecular complexity index is 1170. The summed E-state index contributed by atoms with van der Waals surface area (Å²) in [6.45, 7) is 2.10. The van der Waals surface area contributed by atoms with E-state index in [4.69, 9.17) is 0 Å². The van der Waals surface area contributed by atoms with E-state index in [2.05, 4.69) is 10.6 Å². The zero-order valence-corrected chi connectivity index (χ0v) is 20.0. The van der Waals surface area contributed by atoms with Gasteiger partial charge in [-0.15, -0.1) is 0 Å². The molecule has 9 heteroatoms. The second-order valence-electron chi connectivity index (χ2n) is 8.76. The van der Waals surface area contributed by atoms with Crippen LogP contribution in [0, 0.1) is 5.92 Å². The van der Waals surface area contributed by atoms with Gasteiger partial charge < -0.3 is 10.6 Å². The Morgan fingerprint density at radius 2 is 1.35 bits per heavy atom. The summed E-state index contributed by atoms with van der Waals surface area (Å²) in [5, 5.41) is 4.57. The Labute approximate surface area is 211 Å². The highest BCUT2D eigenvalue weighted by Crippen LogP contribution is 2.37. The minimum absolute atomic E-state index is 0.0112. The predicted octanol–water partition coefficient (Wildman–Crippen LogP) is 8.29. The van der Waals surface area contributed by atoms with Gasteiger partial charge in [-0.1, -0.05) is 73.7 Å². The van der Waals surface area contributed by atoms with Crippen LogP contribution < -0.4 is 10.6 Å². The summed E-state index contributed by atoms with van der Waals surface area (Å²) >= 11 is 0. The zero-order chi connectivity index (χ0) is 27.1. The van der Waals surface area contributed by atoms with E-state index in [0.717, 1.165) is 29.5 Å². The Morgan fingerprint density at radius 1 is 0.811 bits per heavy atom. The van der Waals surface area contributed by atoms with Crippen molar-refractivity contribution in [3.8, 4) is 0 Å². The molecule has 0 heterocycles. The number of benzene rings is 3. The molecule has 3 rings (SSSR count). The lowest BCUT2D eigenvalue weighted by Gasteiger charge is -2.16. The number of carbonyl (C=O) groups excluding carboxylic acids is 1. The van der Waals surface area contributed by atoms with E-state index in [1.807, 2.05) is 73.7 Å². The normalized spacial score (nSPS) is 12.9. The summed E-state index contributed by atoms with van der Waals surface area (Å²) in [5.74, 6) is 0.0237. The molecule has 37 heavy (non-hydrogen) atoms. The summed E-state index contributed by atoms with van der Waals surface area (Å²) < 4.78 is 77.9. The fourth-order valence-electron chi connectivity index (χ4n) is 3.54. The molecule has 2 amide bonds. The van der Waals surface area contributed by atoms with Crippen molar-refractivity contribution >= 4 is 23.9 Å². The molecule has 0 radical (unpaired) electrons. The number of alkyl halides is 6. The summed E-state index contributed by atoms with van der Waals surface area (Å²) in [4.78, 5) is 12.1. The second kappa shape index (κ2) is 12.0. The standard InChI is InChI=1S/C28H26F6N2O/c1-19(7-8-21-11-13-22(14-12-21)10-9-20-5-3-2-4-6-20)18-35-26(37)36-25-16-23(27(29,30)31)15-24(17-25)28(32,33)34/h2-6,9-17,19H,7-8,18H2,1H3,(H2,35,36,37)/b10-9+. The van der Waals surface area contributed by atoms with Crippen LogP contribution in [0.25, 0.3) is 12.2 Å². The number of rotatable bonds is 8. The monoisotopic (exact) mass is 520 g/mol. The van der Waals surface area contributed by atoms with Crippen molar-refractivity contribution in [3.63, 3.8) is 0 Å². The minimum atomic E-state index is -4.99. The van der Waals surface area contributed by atoms with Crippen LogP contribution in [0.1, 0.15) is 41.2 Å². The number of anilines is 1. The van der Waals surface area contributed by atoms with Gasteiger partial charge in [-0.05, 0) is 53.6 Å². The van der Waals surface area contributed by atoms with E-state index in [1.54, 1.807) is 0 Å². The van der Waals surface area contributed by atoms with E-state index in [-0.39, 0.29) is 18.5 Å². The van der Waals surface area contributed by atoms with Crippen molar-refractivity contribution in [2.75, 3.05) is 11.9 Å². The summed E-state index contributed by atoms with van der Waals surface area (Å²) in [5.41, 5.74) is -0.307. The van der Waals surface area contributed by atoms with Crippen molar-refractivity contribution < 1.29 is 31.1 Å². The molecule has 0 saturated carbocycles. The van der Waals surface area contributed by atoms with E-state index in [9.17, 15) is 31.1 Å². The maximum atomic E-state index is 13.0. The largest absolute Gasteiger partial charge is 0.416 e. The van der Waals surface area contributed by atoms with Crippen molar-refractivity contribution in [3.05, 3.63) is 101 Å². The highest BCUT2D eigenvalue weighted by molar-refractivity contribution is 5.89. The molecule has 1 unspecified atom stereocenters. The Morgan fingerprint density at radius 3 is 1.89 bits per heavy atom. The van der Waals surface area contributed by atoms with Crippen LogP contribution in [0.15, 0.2) is 72.8 Å². The van der Waals surface area contributed by atoms with Gasteiger partial charge in [-0.2, -0.15) is 26.3 Å². The van der Waals surface area contributed by atoms with Gasteiger partial charge in [-0.3, -0.25) is 0 Å². The predicted molar refractivity (Wildman–Crippen MR) is 133 cm³/mol. The van der Waals surface area contributed by atoms with Gasteiger partial charge in [0.15, 0.2) is 0 Å². The minimum Gasteiger partial charge on any atom is -0.338 e. The number of hydrogen-bond donors (Lipinski definition) is 2. The van der Waals surface area contributed by atoms with Crippen LogP contribution in [0.3, 0.4) is 0 Å². The number of hydrogen-bond acceptors (Lipinski definition) is 1. The van der Waals surface area contributed by atoms with Gasteiger partial charge in [0.25, 0.3) is 0 Å². The molecule has 0 aliphatic heterocycles. The molecule has 3 aromatic carbocycles. The Hall–Kier alpha value is -3.75. The molecule has 0 bridgehead atoms. The summed E-state index contributed by atoms with van der Waals surface area (Å²) in [6.07, 6.45) is -4.46. The molecule has 0 spiro atoms. The Kier molecular flexibility index (Phi) is 9.02. The van der Waals surface area contributed by atoms with Crippen LogP contribution in [0.2, 0.25) is 0 Å². The topological polar surface area (TPSA) is 41.1 Å². The maximum absolute atomic E-state index is 13.0.